The number of rotatable bonds is 7. The van der Waals surface area contributed by atoms with Crippen molar-refractivity contribution in [2.45, 2.75) is 13.1 Å². The fourth-order valence-corrected chi connectivity index (χ4v) is 3.87. The molecule has 0 radical (unpaired) electrons. The number of ether oxygens (including phenoxy) is 1. The molecule has 0 unspecified atom stereocenters. The van der Waals surface area contributed by atoms with E-state index in [2.05, 4.69) is 26.0 Å². The number of aromatic nitrogens is 3. The van der Waals surface area contributed by atoms with Gasteiger partial charge in [-0.15, -0.1) is 0 Å². The van der Waals surface area contributed by atoms with Crippen LogP contribution in [0.15, 0.2) is 48.7 Å². The molecule has 0 spiro atoms. The highest BCUT2D eigenvalue weighted by molar-refractivity contribution is 5.98. The van der Waals surface area contributed by atoms with Crippen molar-refractivity contribution < 1.29 is 32.7 Å². The number of anilines is 1. The first kappa shape index (κ1) is 25.3. The largest absolute Gasteiger partial charge is 0.482 e. The standard InChI is InChI=1S/C25H19F2N7O5/c26-15-3-1-12(5-14(15)22(28)36)8-30-25(38)19-7-18(33-23-16(27)10-31-34(19)23)24(37)29-9-13-2-4-20-17(6-13)32-21(35)11-39-20/h1-7,10H,8-9,11H2,(H2,28,36)(H,29,37)(H,30,38)(H,32,35). The van der Waals surface area contributed by atoms with E-state index in [1.807, 2.05) is 0 Å². The van der Waals surface area contributed by atoms with Gasteiger partial charge in [-0.3, -0.25) is 19.2 Å². The molecule has 39 heavy (non-hydrogen) atoms. The minimum absolute atomic E-state index is 0.0326. The van der Waals surface area contributed by atoms with Crippen LogP contribution < -0.4 is 26.4 Å². The molecule has 0 saturated carbocycles. The summed E-state index contributed by atoms with van der Waals surface area (Å²) < 4.78 is 34.3. The van der Waals surface area contributed by atoms with Crippen molar-refractivity contribution in [1.82, 2.24) is 25.2 Å². The Morgan fingerprint density at radius 3 is 2.49 bits per heavy atom. The van der Waals surface area contributed by atoms with Gasteiger partial charge in [-0.2, -0.15) is 5.10 Å². The summed E-state index contributed by atoms with van der Waals surface area (Å²) in [5.41, 5.74) is 5.50. The number of hydrogen-bond donors (Lipinski definition) is 4. The molecule has 5 N–H and O–H groups in total. The van der Waals surface area contributed by atoms with Gasteiger partial charge >= 0.3 is 0 Å². The van der Waals surface area contributed by atoms with Gasteiger partial charge in [0.15, 0.2) is 18.1 Å². The minimum atomic E-state index is -0.965. The summed E-state index contributed by atoms with van der Waals surface area (Å²) in [6.07, 6.45) is 0.851. The maximum absolute atomic E-state index is 14.3. The molecule has 2 aromatic carbocycles. The fourth-order valence-electron chi connectivity index (χ4n) is 3.87. The molecular formula is C25H19F2N7O5. The number of carbonyl (C=O) groups excluding carboxylic acids is 4. The highest BCUT2D eigenvalue weighted by atomic mass is 19.1. The number of benzene rings is 2. The Morgan fingerprint density at radius 2 is 1.72 bits per heavy atom. The van der Waals surface area contributed by atoms with E-state index in [0.717, 1.165) is 22.8 Å². The topological polar surface area (TPSA) is 170 Å². The summed E-state index contributed by atoms with van der Waals surface area (Å²) in [6, 6.07) is 9.73. The van der Waals surface area contributed by atoms with E-state index in [1.54, 1.807) is 18.2 Å². The first-order valence-electron chi connectivity index (χ1n) is 11.4. The van der Waals surface area contributed by atoms with E-state index in [4.69, 9.17) is 10.5 Å². The maximum Gasteiger partial charge on any atom is 0.270 e. The molecule has 0 saturated heterocycles. The van der Waals surface area contributed by atoms with Gasteiger partial charge in [-0.1, -0.05) is 12.1 Å². The molecule has 1 aliphatic heterocycles. The van der Waals surface area contributed by atoms with Crippen LogP contribution in [-0.2, 0) is 17.9 Å². The van der Waals surface area contributed by atoms with Crippen LogP contribution in [0, 0.1) is 11.6 Å². The molecular weight excluding hydrogens is 516 g/mol. The Hall–Kier alpha value is -5.40. The van der Waals surface area contributed by atoms with E-state index in [9.17, 15) is 28.0 Å². The molecule has 2 aromatic heterocycles. The van der Waals surface area contributed by atoms with E-state index in [0.29, 0.717) is 22.6 Å². The van der Waals surface area contributed by atoms with Crippen molar-refractivity contribution in [2.24, 2.45) is 5.73 Å². The third kappa shape index (κ3) is 5.20. The van der Waals surface area contributed by atoms with Crippen molar-refractivity contribution in [1.29, 1.82) is 0 Å². The van der Waals surface area contributed by atoms with Gasteiger partial charge in [0.1, 0.15) is 23.0 Å². The van der Waals surface area contributed by atoms with Crippen LogP contribution in [0.1, 0.15) is 42.5 Å². The van der Waals surface area contributed by atoms with Crippen LogP contribution in [0.3, 0.4) is 0 Å². The average molecular weight is 535 g/mol. The summed E-state index contributed by atoms with van der Waals surface area (Å²) in [4.78, 5) is 52.8. The van der Waals surface area contributed by atoms with Gasteiger partial charge in [-0.25, -0.2) is 18.3 Å². The minimum Gasteiger partial charge on any atom is -0.482 e. The lowest BCUT2D eigenvalue weighted by Gasteiger charge is -2.18. The van der Waals surface area contributed by atoms with Gasteiger partial charge in [0, 0.05) is 19.2 Å². The number of fused-ring (bicyclic) bond motifs is 2. The number of amides is 4. The summed E-state index contributed by atoms with van der Waals surface area (Å²) in [7, 11) is 0. The van der Waals surface area contributed by atoms with E-state index >= 15 is 0 Å². The van der Waals surface area contributed by atoms with Crippen molar-refractivity contribution in [3.63, 3.8) is 0 Å². The maximum atomic E-state index is 14.3. The van der Waals surface area contributed by atoms with Crippen LogP contribution >= 0.6 is 0 Å². The predicted molar refractivity (Wildman–Crippen MR) is 131 cm³/mol. The number of halogens is 2. The zero-order valence-corrected chi connectivity index (χ0v) is 20.0. The summed E-state index contributed by atoms with van der Waals surface area (Å²) in [5, 5.41) is 11.7. The van der Waals surface area contributed by atoms with Crippen LogP contribution in [0.25, 0.3) is 5.65 Å². The lowest BCUT2D eigenvalue weighted by atomic mass is 10.1. The highest BCUT2D eigenvalue weighted by Crippen LogP contribution is 2.28. The molecule has 5 rings (SSSR count). The average Bonchev–Trinajstić information content (AvgIpc) is 3.30. The second-order valence-electron chi connectivity index (χ2n) is 8.47. The molecule has 1 aliphatic rings. The zero-order valence-electron chi connectivity index (χ0n) is 20.0. The van der Waals surface area contributed by atoms with Crippen molar-refractivity contribution in [3.05, 3.63) is 88.4 Å². The Kier molecular flexibility index (Phi) is 6.58. The summed E-state index contributed by atoms with van der Waals surface area (Å²) in [5.74, 6) is -3.87. The molecule has 4 aromatic rings. The van der Waals surface area contributed by atoms with Gasteiger partial charge in [0.2, 0.25) is 0 Å². The molecule has 3 heterocycles. The predicted octanol–water partition coefficient (Wildman–Crippen LogP) is 1.30. The van der Waals surface area contributed by atoms with E-state index in [-0.39, 0.29) is 48.2 Å². The lowest BCUT2D eigenvalue weighted by Crippen LogP contribution is -2.29. The quantitative estimate of drug-likeness (QED) is 0.276. The van der Waals surface area contributed by atoms with Crippen molar-refractivity contribution >= 4 is 35.0 Å². The Bertz CT molecular complexity index is 1670. The fraction of sp³-hybridized carbons (Fsp3) is 0.120. The highest BCUT2D eigenvalue weighted by Gasteiger charge is 2.21. The van der Waals surface area contributed by atoms with Crippen molar-refractivity contribution in [3.8, 4) is 5.75 Å². The van der Waals surface area contributed by atoms with Gasteiger partial charge in [-0.05, 0) is 35.4 Å². The Balaban J connectivity index is 1.34. The Morgan fingerprint density at radius 1 is 1.00 bits per heavy atom. The second-order valence-corrected chi connectivity index (χ2v) is 8.47. The number of nitrogens with zero attached hydrogens (tertiary/aromatic N) is 3. The SMILES string of the molecule is NC(=O)c1cc(CNC(=O)c2cc(C(=O)NCc3ccc4c(c3)NC(=O)CO4)nc3c(F)cnn23)ccc1F. The lowest BCUT2D eigenvalue weighted by molar-refractivity contribution is -0.118. The molecule has 0 aliphatic carbocycles. The van der Waals surface area contributed by atoms with E-state index < -0.39 is 29.4 Å². The van der Waals surface area contributed by atoms with Crippen LogP contribution in [-0.4, -0.2) is 44.8 Å². The summed E-state index contributed by atoms with van der Waals surface area (Å²) in [6.45, 7) is -0.186. The molecule has 0 bridgehead atoms. The van der Waals surface area contributed by atoms with Gasteiger partial charge in [0.05, 0.1) is 17.4 Å². The number of nitrogens with two attached hydrogens (primary N) is 1. The number of nitrogens with one attached hydrogen (secondary N) is 3. The third-order valence-electron chi connectivity index (χ3n) is 5.77. The monoisotopic (exact) mass is 535 g/mol. The van der Waals surface area contributed by atoms with Crippen molar-refractivity contribution in [2.75, 3.05) is 11.9 Å². The first-order chi connectivity index (χ1) is 18.7. The van der Waals surface area contributed by atoms with Crippen LogP contribution in [0.5, 0.6) is 5.75 Å². The first-order valence-corrected chi connectivity index (χ1v) is 11.4. The zero-order chi connectivity index (χ0) is 27.7. The van der Waals surface area contributed by atoms with E-state index in [1.165, 1.54) is 12.1 Å². The van der Waals surface area contributed by atoms with Gasteiger partial charge < -0.3 is 26.4 Å². The summed E-state index contributed by atoms with van der Waals surface area (Å²) >= 11 is 0. The number of carbonyl (C=O) groups is 4. The number of primary amides is 1. The molecule has 12 nitrogen and oxygen atoms in total. The van der Waals surface area contributed by atoms with Gasteiger partial charge in [0.25, 0.3) is 23.6 Å². The normalized spacial score (nSPS) is 12.3. The van der Waals surface area contributed by atoms with Crippen LogP contribution in [0.4, 0.5) is 14.5 Å². The molecule has 0 fully saturated rings. The smallest absolute Gasteiger partial charge is 0.270 e. The molecule has 198 valence electrons. The van der Waals surface area contributed by atoms with Crippen LogP contribution in [0.2, 0.25) is 0 Å². The second kappa shape index (κ2) is 10.2. The molecule has 14 heteroatoms. The Labute approximate surface area is 218 Å². The number of hydrogen-bond acceptors (Lipinski definition) is 7. The molecule has 0 atom stereocenters. The molecule has 4 amide bonds. The third-order valence-corrected chi connectivity index (χ3v) is 5.77.